The van der Waals surface area contributed by atoms with Gasteiger partial charge in [0.15, 0.2) is 0 Å². The number of nitrogens with zero attached hydrogens (tertiary/aromatic N) is 6. The van der Waals surface area contributed by atoms with Gasteiger partial charge in [0.2, 0.25) is 5.95 Å². The molecule has 0 radical (unpaired) electrons. The largest absolute Gasteiger partial charge is 0.341 e. The van der Waals surface area contributed by atoms with Crippen LogP contribution in [0.15, 0.2) is 12.4 Å². The summed E-state index contributed by atoms with van der Waals surface area (Å²) in [4.78, 5) is 11.3. The third kappa shape index (κ3) is 3.51. The summed E-state index contributed by atoms with van der Waals surface area (Å²) in [5.41, 5.74) is 1.14. The summed E-state index contributed by atoms with van der Waals surface area (Å²) in [6.07, 6.45) is 8.50. The Morgan fingerprint density at radius 1 is 1.16 bits per heavy atom. The number of hydrogen-bond donors (Lipinski definition) is 1. The van der Waals surface area contributed by atoms with E-state index < -0.39 is 0 Å². The van der Waals surface area contributed by atoms with Crippen molar-refractivity contribution in [1.82, 2.24) is 30.0 Å². The maximum absolute atomic E-state index is 4.54. The molecule has 0 saturated carbocycles. The van der Waals surface area contributed by atoms with Crippen LogP contribution in [0, 0.1) is 0 Å². The summed E-state index contributed by atoms with van der Waals surface area (Å²) in [7, 11) is 0. The third-order valence-electron chi connectivity index (χ3n) is 5.17. The van der Waals surface area contributed by atoms with E-state index in [4.69, 9.17) is 0 Å². The number of rotatable bonds is 5. The molecule has 0 aromatic carbocycles. The monoisotopic (exact) mass is 341 g/mol. The Kier molecular flexibility index (Phi) is 4.65. The average Bonchev–Trinajstić information content (AvgIpc) is 3.29. The maximum atomic E-state index is 4.54. The molecule has 1 atom stereocenters. The van der Waals surface area contributed by atoms with Crippen LogP contribution < -0.4 is 10.2 Å². The summed E-state index contributed by atoms with van der Waals surface area (Å²) in [6.45, 7) is 8.27. The average molecular weight is 341 g/mol. The van der Waals surface area contributed by atoms with E-state index in [2.05, 4.69) is 48.8 Å². The fourth-order valence-electron chi connectivity index (χ4n) is 3.72. The molecular weight excluding hydrogens is 314 g/mol. The van der Waals surface area contributed by atoms with Crippen molar-refractivity contribution in [2.24, 2.45) is 0 Å². The van der Waals surface area contributed by atoms with Crippen molar-refractivity contribution in [3.63, 3.8) is 0 Å². The first-order valence-corrected chi connectivity index (χ1v) is 9.42. The zero-order chi connectivity index (χ0) is 17.2. The van der Waals surface area contributed by atoms with E-state index in [0.29, 0.717) is 12.0 Å². The quantitative estimate of drug-likeness (QED) is 0.895. The lowest BCUT2D eigenvalue weighted by Gasteiger charge is -2.26. The Bertz CT molecular complexity index is 701. The summed E-state index contributed by atoms with van der Waals surface area (Å²) in [6, 6.07) is 0.444. The Labute approximate surface area is 148 Å². The summed E-state index contributed by atoms with van der Waals surface area (Å²) >= 11 is 0. The highest BCUT2D eigenvalue weighted by Crippen LogP contribution is 2.20. The van der Waals surface area contributed by atoms with E-state index in [1.165, 1.54) is 12.8 Å². The van der Waals surface area contributed by atoms with Crippen LogP contribution in [-0.2, 0) is 19.5 Å². The molecule has 134 valence electrons. The van der Waals surface area contributed by atoms with Gasteiger partial charge in [-0.05, 0) is 19.3 Å². The van der Waals surface area contributed by atoms with E-state index in [1.54, 1.807) is 0 Å². The fourth-order valence-corrected chi connectivity index (χ4v) is 3.72. The smallest absolute Gasteiger partial charge is 0.225 e. The van der Waals surface area contributed by atoms with Gasteiger partial charge >= 0.3 is 0 Å². The van der Waals surface area contributed by atoms with Crippen LogP contribution in [0.3, 0.4) is 0 Å². The van der Waals surface area contributed by atoms with Gasteiger partial charge in [-0.1, -0.05) is 13.8 Å². The Morgan fingerprint density at radius 2 is 1.92 bits per heavy atom. The first kappa shape index (κ1) is 16.4. The van der Waals surface area contributed by atoms with Gasteiger partial charge in [0, 0.05) is 62.5 Å². The number of anilines is 1. The molecule has 4 rings (SSSR count). The normalized spacial score (nSPS) is 20.3. The Hall–Kier alpha value is -2.02. The van der Waals surface area contributed by atoms with Crippen LogP contribution in [-0.4, -0.2) is 43.9 Å². The second kappa shape index (κ2) is 7.07. The summed E-state index contributed by atoms with van der Waals surface area (Å²) in [5, 5.41) is 12.4. The topological polar surface area (TPSA) is 71.8 Å². The molecule has 7 heteroatoms. The highest BCUT2D eigenvalue weighted by molar-refractivity contribution is 5.30. The minimum Gasteiger partial charge on any atom is -0.341 e. The van der Waals surface area contributed by atoms with E-state index in [-0.39, 0.29) is 0 Å². The predicted molar refractivity (Wildman–Crippen MR) is 96.5 cm³/mol. The fraction of sp³-hybridized carbons (Fsp3) is 0.667. The molecule has 0 unspecified atom stereocenters. The minimum absolute atomic E-state index is 0.409. The van der Waals surface area contributed by atoms with Crippen molar-refractivity contribution >= 4 is 5.95 Å². The molecule has 4 heterocycles. The van der Waals surface area contributed by atoms with Gasteiger partial charge in [0.1, 0.15) is 11.6 Å². The number of hydrogen-bond acceptors (Lipinski definition) is 6. The minimum atomic E-state index is 0.409. The number of fused-ring (bicyclic) bond motifs is 1. The molecule has 0 amide bonds. The standard InChI is InChI=1S/C18H27N7/c1-13(2)17-23-22-16-6-5-15(12-25(16)17)19-9-14-10-20-18(21-11-14)24-7-3-4-8-24/h10-11,13,15,19H,3-9,12H2,1-2H3/t15-/m1/s1. The predicted octanol–water partition coefficient (Wildman–Crippen LogP) is 1.90. The zero-order valence-electron chi connectivity index (χ0n) is 15.1. The van der Waals surface area contributed by atoms with Gasteiger partial charge in [0.05, 0.1) is 0 Å². The van der Waals surface area contributed by atoms with Crippen LogP contribution in [0.25, 0.3) is 0 Å². The first-order valence-electron chi connectivity index (χ1n) is 9.42. The van der Waals surface area contributed by atoms with Gasteiger partial charge in [-0.3, -0.25) is 0 Å². The molecular formula is C18H27N7. The van der Waals surface area contributed by atoms with Crippen LogP contribution in [0.5, 0.6) is 0 Å². The van der Waals surface area contributed by atoms with Gasteiger partial charge in [-0.2, -0.15) is 0 Å². The van der Waals surface area contributed by atoms with E-state index >= 15 is 0 Å². The lowest BCUT2D eigenvalue weighted by atomic mass is 10.1. The van der Waals surface area contributed by atoms with Gasteiger partial charge in [0.25, 0.3) is 0 Å². The SMILES string of the molecule is CC(C)c1nnc2n1C[C@H](NCc1cnc(N3CCCC3)nc1)CC2. The number of aryl methyl sites for hydroxylation is 1. The van der Waals surface area contributed by atoms with E-state index in [1.807, 2.05) is 12.4 Å². The van der Waals surface area contributed by atoms with E-state index in [0.717, 1.165) is 62.2 Å². The molecule has 25 heavy (non-hydrogen) atoms. The van der Waals surface area contributed by atoms with Crippen LogP contribution in [0.1, 0.15) is 56.2 Å². The Morgan fingerprint density at radius 3 is 2.64 bits per heavy atom. The van der Waals surface area contributed by atoms with Gasteiger partial charge in [-0.25, -0.2) is 9.97 Å². The van der Waals surface area contributed by atoms with Gasteiger partial charge < -0.3 is 14.8 Å². The molecule has 2 aliphatic rings. The highest BCUT2D eigenvalue weighted by Gasteiger charge is 2.23. The molecule has 2 aromatic heterocycles. The molecule has 0 bridgehead atoms. The molecule has 1 saturated heterocycles. The summed E-state index contributed by atoms with van der Waals surface area (Å²) in [5.74, 6) is 3.50. The van der Waals surface area contributed by atoms with E-state index in [9.17, 15) is 0 Å². The first-order chi connectivity index (χ1) is 12.2. The van der Waals surface area contributed by atoms with Crippen molar-refractivity contribution in [1.29, 1.82) is 0 Å². The van der Waals surface area contributed by atoms with Gasteiger partial charge in [-0.15, -0.1) is 10.2 Å². The molecule has 2 aromatic rings. The van der Waals surface area contributed by atoms with Crippen molar-refractivity contribution < 1.29 is 0 Å². The second-order valence-corrected chi connectivity index (χ2v) is 7.44. The lowest BCUT2D eigenvalue weighted by molar-refractivity contribution is 0.370. The molecule has 0 aliphatic carbocycles. The van der Waals surface area contributed by atoms with Crippen LogP contribution >= 0.6 is 0 Å². The van der Waals surface area contributed by atoms with Crippen molar-refractivity contribution in [3.8, 4) is 0 Å². The Balaban J connectivity index is 1.34. The zero-order valence-corrected chi connectivity index (χ0v) is 15.1. The molecule has 1 N–H and O–H groups in total. The molecule has 2 aliphatic heterocycles. The van der Waals surface area contributed by atoms with Crippen molar-refractivity contribution in [3.05, 3.63) is 29.6 Å². The van der Waals surface area contributed by atoms with Crippen molar-refractivity contribution in [2.45, 2.75) is 64.6 Å². The maximum Gasteiger partial charge on any atom is 0.225 e. The van der Waals surface area contributed by atoms with Crippen LogP contribution in [0.2, 0.25) is 0 Å². The second-order valence-electron chi connectivity index (χ2n) is 7.44. The van der Waals surface area contributed by atoms with Crippen LogP contribution in [0.4, 0.5) is 5.95 Å². The molecule has 0 spiro atoms. The molecule has 7 nitrogen and oxygen atoms in total. The van der Waals surface area contributed by atoms with Crippen molar-refractivity contribution in [2.75, 3.05) is 18.0 Å². The number of aromatic nitrogens is 5. The third-order valence-corrected chi connectivity index (χ3v) is 5.17. The lowest BCUT2D eigenvalue weighted by Crippen LogP contribution is -2.37. The molecule has 1 fully saturated rings. The number of nitrogens with one attached hydrogen (secondary N) is 1. The highest BCUT2D eigenvalue weighted by atomic mass is 15.3. The summed E-state index contributed by atoms with van der Waals surface area (Å²) < 4.78 is 2.29.